The maximum absolute atomic E-state index is 8.69. The first-order valence-corrected chi connectivity index (χ1v) is 8.98. The van der Waals surface area contributed by atoms with E-state index >= 15 is 0 Å². The Labute approximate surface area is 157 Å². The van der Waals surface area contributed by atoms with Gasteiger partial charge in [0.05, 0.1) is 11.1 Å². The van der Waals surface area contributed by atoms with Crippen LogP contribution in [0.3, 0.4) is 0 Å². The first kappa shape index (κ1) is 14.5. The standard InChI is InChI=1S/C23H26N3/c1-16-9-10-18-22(24-20-8-6-7-12-26(18)20)21(16)19-14-17(11-13-25(19)5)15-23(2,3)4/h6-14H,15H2,1-5H3/q+1/i15D2. The van der Waals surface area contributed by atoms with Crippen molar-refractivity contribution in [3.05, 3.63) is 66.0 Å². The Morgan fingerprint density at radius 2 is 1.96 bits per heavy atom. The van der Waals surface area contributed by atoms with E-state index in [1.165, 1.54) is 0 Å². The van der Waals surface area contributed by atoms with Crippen molar-refractivity contribution in [1.82, 2.24) is 9.38 Å². The summed E-state index contributed by atoms with van der Waals surface area (Å²) < 4.78 is 21.5. The lowest BCUT2D eigenvalue weighted by molar-refractivity contribution is -0.660. The Kier molecular flexibility index (Phi) is 3.31. The van der Waals surface area contributed by atoms with Crippen molar-refractivity contribution >= 4 is 16.7 Å². The summed E-state index contributed by atoms with van der Waals surface area (Å²) in [6.45, 7) is 7.90. The van der Waals surface area contributed by atoms with Crippen molar-refractivity contribution < 1.29 is 7.31 Å². The van der Waals surface area contributed by atoms with Gasteiger partial charge in [0.2, 0.25) is 5.69 Å². The summed E-state index contributed by atoms with van der Waals surface area (Å²) >= 11 is 0. The molecule has 0 saturated heterocycles. The quantitative estimate of drug-likeness (QED) is 0.474. The Bertz CT molecular complexity index is 1200. The fraction of sp³-hybridized carbons (Fsp3) is 0.304. The van der Waals surface area contributed by atoms with Crippen LogP contribution in [0.4, 0.5) is 0 Å². The summed E-state index contributed by atoms with van der Waals surface area (Å²) in [7, 11) is 2.00. The lowest BCUT2D eigenvalue weighted by Crippen LogP contribution is -2.31. The number of benzene rings is 1. The molecule has 0 spiro atoms. The van der Waals surface area contributed by atoms with Crippen LogP contribution in [0, 0.1) is 12.3 Å². The van der Waals surface area contributed by atoms with Gasteiger partial charge in [-0.3, -0.25) is 4.40 Å². The Balaban J connectivity index is 2.03. The summed E-state index contributed by atoms with van der Waals surface area (Å²) in [6.07, 6.45) is 2.53. The van der Waals surface area contributed by atoms with Gasteiger partial charge in [-0.05, 0) is 48.0 Å². The zero-order valence-electron chi connectivity index (χ0n) is 18.0. The number of hydrogen-bond acceptors (Lipinski definition) is 1. The molecule has 0 amide bonds. The highest BCUT2D eigenvalue weighted by molar-refractivity contribution is 5.94. The predicted octanol–water partition coefficient (Wildman–Crippen LogP) is 4.88. The lowest BCUT2D eigenvalue weighted by atomic mass is 9.88. The number of hydrogen-bond donors (Lipinski definition) is 0. The number of aryl methyl sites for hydroxylation is 2. The molecule has 3 nitrogen and oxygen atoms in total. The molecule has 3 aromatic heterocycles. The maximum atomic E-state index is 8.69. The van der Waals surface area contributed by atoms with Crippen LogP contribution in [0.2, 0.25) is 0 Å². The molecule has 0 saturated carbocycles. The van der Waals surface area contributed by atoms with E-state index < -0.39 is 11.8 Å². The second kappa shape index (κ2) is 5.94. The molecule has 0 aliphatic heterocycles. The number of rotatable bonds is 2. The monoisotopic (exact) mass is 346 g/mol. The fourth-order valence-electron chi connectivity index (χ4n) is 3.48. The van der Waals surface area contributed by atoms with Crippen LogP contribution in [-0.4, -0.2) is 9.38 Å². The molecule has 3 heteroatoms. The molecule has 0 bridgehead atoms. The van der Waals surface area contributed by atoms with Gasteiger partial charge in [-0.15, -0.1) is 0 Å². The Morgan fingerprint density at radius 1 is 1.15 bits per heavy atom. The van der Waals surface area contributed by atoms with Gasteiger partial charge in [0.15, 0.2) is 6.20 Å². The molecule has 0 atom stereocenters. The highest BCUT2D eigenvalue weighted by Crippen LogP contribution is 2.31. The van der Waals surface area contributed by atoms with Gasteiger partial charge in [0.1, 0.15) is 18.2 Å². The van der Waals surface area contributed by atoms with Crippen LogP contribution < -0.4 is 4.57 Å². The summed E-state index contributed by atoms with van der Waals surface area (Å²) in [6, 6.07) is 14.1. The highest BCUT2D eigenvalue weighted by Gasteiger charge is 2.21. The third-order valence-corrected chi connectivity index (χ3v) is 4.61. The molecule has 0 radical (unpaired) electrons. The molecule has 26 heavy (non-hydrogen) atoms. The van der Waals surface area contributed by atoms with Gasteiger partial charge in [0.25, 0.3) is 0 Å². The van der Waals surface area contributed by atoms with Crippen LogP contribution >= 0.6 is 0 Å². The van der Waals surface area contributed by atoms with E-state index in [1.807, 2.05) is 75.1 Å². The second-order valence-corrected chi connectivity index (χ2v) is 7.95. The summed E-state index contributed by atoms with van der Waals surface area (Å²) in [5, 5.41) is 0. The molecule has 4 rings (SSSR count). The number of pyridine rings is 2. The smallest absolute Gasteiger partial charge is 0.215 e. The molecule has 132 valence electrons. The minimum atomic E-state index is -1.45. The molecule has 4 aromatic rings. The molecular weight excluding hydrogens is 318 g/mol. The normalized spacial score (nSPS) is 13.9. The third kappa shape index (κ3) is 2.88. The van der Waals surface area contributed by atoms with Crippen molar-refractivity contribution in [2.75, 3.05) is 0 Å². The van der Waals surface area contributed by atoms with Crippen molar-refractivity contribution in [3.8, 4) is 11.3 Å². The van der Waals surface area contributed by atoms with Gasteiger partial charge in [-0.25, -0.2) is 9.55 Å². The SMILES string of the molecule is [2H]C([2H])(c1cc[n+](C)c(-c2c(C)ccc3c2nc2ccccn23)c1)C(C)(C)C. The van der Waals surface area contributed by atoms with Crippen LogP contribution in [-0.2, 0) is 13.4 Å². The number of fused-ring (bicyclic) bond motifs is 3. The van der Waals surface area contributed by atoms with E-state index in [9.17, 15) is 0 Å². The average Bonchev–Trinajstić information content (AvgIpc) is 3.00. The van der Waals surface area contributed by atoms with E-state index in [2.05, 4.69) is 23.5 Å². The minimum absolute atomic E-state index is 0.506. The predicted molar refractivity (Wildman–Crippen MR) is 107 cm³/mol. The third-order valence-electron chi connectivity index (χ3n) is 4.61. The molecule has 0 N–H and O–H groups in total. The van der Waals surface area contributed by atoms with Crippen molar-refractivity contribution in [1.29, 1.82) is 0 Å². The first-order valence-electron chi connectivity index (χ1n) is 9.98. The maximum Gasteiger partial charge on any atom is 0.215 e. The van der Waals surface area contributed by atoms with Crippen LogP contribution in [0.15, 0.2) is 54.9 Å². The van der Waals surface area contributed by atoms with Crippen LogP contribution in [0.1, 0.15) is 34.6 Å². The number of aromatic nitrogens is 3. The minimum Gasteiger partial charge on any atom is -0.300 e. The van der Waals surface area contributed by atoms with Gasteiger partial charge < -0.3 is 0 Å². The van der Waals surface area contributed by atoms with Gasteiger partial charge in [-0.2, -0.15) is 0 Å². The average molecular weight is 346 g/mol. The summed E-state index contributed by atoms with van der Waals surface area (Å²) in [5.74, 6) is 0. The van der Waals surface area contributed by atoms with Gasteiger partial charge in [0, 0.05) is 21.1 Å². The van der Waals surface area contributed by atoms with E-state index in [-0.39, 0.29) is 0 Å². The molecule has 0 aliphatic carbocycles. The highest BCUT2D eigenvalue weighted by atomic mass is 15.0. The number of imidazole rings is 1. The molecule has 1 aromatic carbocycles. The zero-order valence-corrected chi connectivity index (χ0v) is 16.0. The lowest BCUT2D eigenvalue weighted by Gasteiger charge is -2.18. The fourth-order valence-corrected chi connectivity index (χ4v) is 3.48. The summed E-state index contributed by atoms with van der Waals surface area (Å²) in [5.41, 5.74) is 6.23. The molecule has 3 heterocycles. The molecular formula is C23H26N3+. The van der Waals surface area contributed by atoms with Crippen molar-refractivity contribution in [2.24, 2.45) is 12.5 Å². The molecule has 0 aliphatic rings. The first-order chi connectivity index (χ1) is 13.1. The van der Waals surface area contributed by atoms with E-state index in [1.54, 1.807) is 0 Å². The molecule has 0 unspecified atom stereocenters. The summed E-state index contributed by atoms with van der Waals surface area (Å²) in [4.78, 5) is 4.89. The topological polar surface area (TPSA) is 21.2 Å². The van der Waals surface area contributed by atoms with Crippen LogP contribution in [0.25, 0.3) is 27.9 Å². The Morgan fingerprint density at radius 3 is 2.73 bits per heavy atom. The van der Waals surface area contributed by atoms with E-state index in [0.717, 1.165) is 33.5 Å². The van der Waals surface area contributed by atoms with Crippen molar-refractivity contribution in [2.45, 2.75) is 34.1 Å². The zero-order chi connectivity index (χ0) is 20.3. The number of nitrogens with zero attached hydrogens (tertiary/aromatic N) is 3. The van der Waals surface area contributed by atoms with E-state index in [0.29, 0.717) is 5.56 Å². The van der Waals surface area contributed by atoms with E-state index in [4.69, 9.17) is 7.73 Å². The molecule has 0 fully saturated rings. The largest absolute Gasteiger partial charge is 0.300 e. The van der Waals surface area contributed by atoms with Gasteiger partial charge in [-0.1, -0.05) is 32.9 Å². The van der Waals surface area contributed by atoms with Crippen LogP contribution in [0.5, 0.6) is 0 Å². The second-order valence-electron chi connectivity index (χ2n) is 7.95. The Hall–Kier alpha value is -2.68. The van der Waals surface area contributed by atoms with Crippen molar-refractivity contribution in [3.63, 3.8) is 0 Å². The van der Waals surface area contributed by atoms with Gasteiger partial charge >= 0.3 is 0 Å².